The van der Waals surface area contributed by atoms with Crippen LogP contribution in [0.4, 0.5) is 10.5 Å². The number of aryl methyl sites for hydroxylation is 2. The summed E-state index contributed by atoms with van der Waals surface area (Å²) in [6, 6.07) is 4.78. The molecule has 3 rings (SSSR count). The second kappa shape index (κ2) is 10.1. The Labute approximate surface area is 179 Å². The minimum absolute atomic E-state index is 0.242. The van der Waals surface area contributed by atoms with Crippen molar-refractivity contribution in [1.82, 2.24) is 15.1 Å². The number of urea groups is 1. The van der Waals surface area contributed by atoms with Gasteiger partial charge in [0, 0.05) is 38.3 Å². The number of carbonyl (C=O) groups excluding carboxylic acids is 3. The minimum Gasteiger partial charge on any atom is -0.340 e. The average Bonchev–Trinajstić information content (AvgIpc) is 3.22. The molecule has 1 unspecified atom stereocenters. The number of piperazine rings is 1. The summed E-state index contributed by atoms with van der Waals surface area (Å²) in [5.74, 6) is 0.463. The van der Waals surface area contributed by atoms with E-state index in [-0.39, 0.29) is 11.8 Å². The van der Waals surface area contributed by atoms with Gasteiger partial charge in [-0.05, 0) is 51.2 Å². The molecule has 0 spiro atoms. The van der Waals surface area contributed by atoms with Crippen LogP contribution in [0.3, 0.4) is 0 Å². The molecule has 1 aromatic carbocycles. The number of nitrogens with one attached hydrogen (secondary N) is 2. The Morgan fingerprint density at radius 3 is 2.37 bits per heavy atom. The first-order chi connectivity index (χ1) is 14.3. The molecule has 1 saturated heterocycles. The number of anilines is 1. The second-order valence-corrected chi connectivity index (χ2v) is 8.71. The highest BCUT2D eigenvalue weighted by Gasteiger charge is 2.29. The summed E-state index contributed by atoms with van der Waals surface area (Å²) in [6.45, 7) is 8.27. The number of imide groups is 1. The van der Waals surface area contributed by atoms with Gasteiger partial charge in [-0.3, -0.25) is 19.8 Å². The molecule has 2 fully saturated rings. The number of rotatable bonds is 5. The van der Waals surface area contributed by atoms with E-state index in [4.69, 9.17) is 0 Å². The SMILES string of the molecule is Cc1ccc(NC(=O)NC(=O)C(C)N2CCN(C(=O)CC3CCCC3)CC2)c(C)c1. The number of benzene rings is 1. The van der Waals surface area contributed by atoms with Gasteiger partial charge in [0.05, 0.1) is 6.04 Å². The van der Waals surface area contributed by atoms with Crippen LogP contribution in [0.1, 0.15) is 50.2 Å². The second-order valence-electron chi connectivity index (χ2n) is 8.71. The molecular formula is C23H34N4O3. The van der Waals surface area contributed by atoms with Gasteiger partial charge < -0.3 is 10.2 Å². The Hall–Kier alpha value is -2.41. The zero-order valence-corrected chi connectivity index (χ0v) is 18.4. The van der Waals surface area contributed by atoms with E-state index in [1.165, 1.54) is 25.7 Å². The van der Waals surface area contributed by atoms with Crippen molar-refractivity contribution in [3.63, 3.8) is 0 Å². The van der Waals surface area contributed by atoms with Gasteiger partial charge in [-0.2, -0.15) is 0 Å². The molecule has 7 nitrogen and oxygen atoms in total. The molecule has 7 heteroatoms. The topological polar surface area (TPSA) is 81.8 Å². The molecule has 1 heterocycles. The van der Waals surface area contributed by atoms with Crippen molar-refractivity contribution in [3.8, 4) is 0 Å². The van der Waals surface area contributed by atoms with E-state index in [9.17, 15) is 14.4 Å². The van der Waals surface area contributed by atoms with Crippen LogP contribution in [0.5, 0.6) is 0 Å². The molecule has 1 aliphatic heterocycles. The standard InChI is InChI=1S/C23H34N4O3/c1-16-8-9-20(17(2)14-16)24-23(30)25-22(29)18(3)26-10-12-27(13-11-26)21(28)15-19-6-4-5-7-19/h8-9,14,18-19H,4-7,10-13,15H2,1-3H3,(H2,24,25,29,30). The van der Waals surface area contributed by atoms with Crippen molar-refractivity contribution in [2.45, 2.75) is 58.9 Å². The zero-order chi connectivity index (χ0) is 21.7. The summed E-state index contributed by atoms with van der Waals surface area (Å²) in [6.07, 6.45) is 5.50. The molecular weight excluding hydrogens is 380 g/mol. The van der Waals surface area contributed by atoms with Gasteiger partial charge in [-0.1, -0.05) is 30.5 Å². The Kier molecular flexibility index (Phi) is 7.48. The third-order valence-electron chi connectivity index (χ3n) is 6.40. The maximum atomic E-state index is 12.5. The predicted molar refractivity (Wildman–Crippen MR) is 117 cm³/mol. The van der Waals surface area contributed by atoms with Gasteiger partial charge in [0.15, 0.2) is 0 Å². The molecule has 1 aliphatic carbocycles. The lowest BCUT2D eigenvalue weighted by molar-refractivity contribution is -0.135. The Morgan fingerprint density at radius 2 is 1.73 bits per heavy atom. The van der Waals surface area contributed by atoms with Crippen molar-refractivity contribution in [3.05, 3.63) is 29.3 Å². The van der Waals surface area contributed by atoms with Crippen LogP contribution >= 0.6 is 0 Å². The quantitative estimate of drug-likeness (QED) is 0.776. The van der Waals surface area contributed by atoms with Crippen LogP contribution in [0.2, 0.25) is 0 Å². The maximum Gasteiger partial charge on any atom is 0.325 e. The molecule has 0 aromatic heterocycles. The van der Waals surface area contributed by atoms with Gasteiger partial charge in [-0.15, -0.1) is 0 Å². The number of hydrogen-bond donors (Lipinski definition) is 2. The lowest BCUT2D eigenvalue weighted by atomic mass is 10.0. The van der Waals surface area contributed by atoms with Crippen LogP contribution in [0.25, 0.3) is 0 Å². The van der Waals surface area contributed by atoms with Crippen LogP contribution < -0.4 is 10.6 Å². The lowest BCUT2D eigenvalue weighted by Crippen LogP contribution is -2.55. The van der Waals surface area contributed by atoms with E-state index < -0.39 is 12.1 Å². The first-order valence-corrected chi connectivity index (χ1v) is 11.0. The minimum atomic E-state index is -0.524. The van der Waals surface area contributed by atoms with Gasteiger partial charge in [0.1, 0.15) is 0 Å². The molecule has 30 heavy (non-hydrogen) atoms. The largest absolute Gasteiger partial charge is 0.340 e. The monoisotopic (exact) mass is 414 g/mol. The highest BCUT2D eigenvalue weighted by Crippen LogP contribution is 2.28. The lowest BCUT2D eigenvalue weighted by Gasteiger charge is -2.37. The Morgan fingerprint density at radius 1 is 1.07 bits per heavy atom. The first-order valence-electron chi connectivity index (χ1n) is 11.0. The highest BCUT2D eigenvalue weighted by atomic mass is 16.2. The van der Waals surface area contributed by atoms with Crippen LogP contribution in [-0.4, -0.2) is 59.9 Å². The number of carbonyl (C=O) groups is 3. The average molecular weight is 415 g/mol. The maximum absolute atomic E-state index is 12.5. The summed E-state index contributed by atoms with van der Waals surface area (Å²) in [4.78, 5) is 41.2. The highest BCUT2D eigenvalue weighted by molar-refractivity contribution is 6.03. The number of amides is 4. The molecule has 1 saturated carbocycles. The fraction of sp³-hybridized carbons (Fsp3) is 0.609. The summed E-state index contributed by atoms with van der Waals surface area (Å²) in [5, 5.41) is 5.18. The molecule has 2 N–H and O–H groups in total. The van der Waals surface area contributed by atoms with E-state index >= 15 is 0 Å². The summed E-state index contributed by atoms with van der Waals surface area (Å²) < 4.78 is 0. The third-order valence-corrected chi connectivity index (χ3v) is 6.40. The van der Waals surface area contributed by atoms with Crippen molar-refractivity contribution in [2.75, 3.05) is 31.5 Å². The smallest absolute Gasteiger partial charge is 0.325 e. The fourth-order valence-electron chi connectivity index (χ4n) is 4.44. The molecule has 1 aromatic rings. The summed E-state index contributed by atoms with van der Waals surface area (Å²) in [5.41, 5.74) is 2.75. The van der Waals surface area contributed by atoms with E-state index in [1.807, 2.05) is 41.8 Å². The van der Waals surface area contributed by atoms with Gasteiger partial charge >= 0.3 is 6.03 Å². The van der Waals surface area contributed by atoms with Crippen molar-refractivity contribution >= 4 is 23.5 Å². The molecule has 1 atom stereocenters. The number of hydrogen-bond acceptors (Lipinski definition) is 4. The van der Waals surface area contributed by atoms with Crippen LogP contribution in [-0.2, 0) is 9.59 Å². The molecule has 0 bridgehead atoms. The predicted octanol–water partition coefficient (Wildman–Crippen LogP) is 3.06. The van der Waals surface area contributed by atoms with E-state index in [0.29, 0.717) is 44.2 Å². The fourth-order valence-corrected chi connectivity index (χ4v) is 4.44. The Balaban J connectivity index is 1.43. The van der Waals surface area contributed by atoms with Gasteiger partial charge in [-0.25, -0.2) is 4.79 Å². The van der Waals surface area contributed by atoms with Crippen molar-refractivity contribution in [1.29, 1.82) is 0 Å². The zero-order valence-electron chi connectivity index (χ0n) is 18.4. The van der Waals surface area contributed by atoms with E-state index in [2.05, 4.69) is 10.6 Å². The summed E-state index contributed by atoms with van der Waals surface area (Å²) >= 11 is 0. The van der Waals surface area contributed by atoms with Gasteiger partial charge in [0.2, 0.25) is 11.8 Å². The van der Waals surface area contributed by atoms with Crippen LogP contribution in [0.15, 0.2) is 18.2 Å². The van der Waals surface area contributed by atoms with Gasteiger partial charge in [0.25, 0.3) is 0 Å². The normalized spacial score (nSPS) is 18.8. The molecule has 4 amide bonds. The molecule has 164 valence electrons. The van der Waals surface area contributed by atoms with Crippen LogP contribution in [0, 0.1) is 19.8 Å². The van der Waals surface area contributed by atoms with Crippen molar-refractivity contribution in [2.24, 2.45) is 5.92 Å². The van der Waals surface area contributed by atoms with Crippen molar-refractivity contribution < 1.29 is 14.4 Å². The summed E-state index contributed by atoms with van der Waals surface area (Å²) in [7, 11) is 0. The molecule has 0 radical (unpaired) electrons. The van der Waals surface area contributed by atoms with E-state index in [1.54, 1.807) is 6.92 Å². The third kappa shape index (κ3) is 5.81. The first kappa shape index (κ1) is 22.3. The molecule has 2 aliphatic rings. The number of nitrogens with zero attached hydrogens (tertiary/aromatic N) is 2. The van der Waals surface area contributed by atoms with E-state index in [0.717, 1.165) is 11.1 Å². The Bertz CT molecular complexity index is 781.